The van der Waals surface area contributed by atoms with Crippen molar-refractivity contribution in [2.24, 2.45) is 0 Å². The van der Waals surface area contributed by atoms with Crippen molar-refractivity contribution in [3.63, 3.8) is 0 Å². The minimum Gasteiger partial charge on any atom is -0.208 e. The predicted octanol–water partition coefficient (Wildman–Crippen LogP) is 15.2. The van der Waals surface area contributed by atoms with E-state index >= 15 is 0 Å². The first kappa shape index (κ1) is 33.1. The van der Waals surface area contributed by atoms with E-state index in [-0.39, 0.29) is 0 Å². The van der Waals surface area contributed by atoms with E-state index in [1.54, 1.807) is 0 Å². The van der Waals surface area contributed by atoms with Gasteiger partial charge in [-0.3, -0.25) is 0 Å². The summed E-state index contributed by atoms with van der Waals surface area (Å²) in [6, 6.07) is 67.4. The fraction of sp³-hybridized carbons (Fsp3) is 0. The van der Waals surface area contributed by atoms with Crippen molar-refractivity contribution in [3.05, 3.63) is 188 Å². The first-order valence-corrected chi connectivity index (χ1v) is 21.1. The van der Waals surface area contributed by atoms with E-state index in [0.717, 1.165) is 33.2 Å². The highest BCUT2D eigenvalue weighted by atomic mass is 32.1. The molecule has 0 fully saturated rings. The smallest absolute Gasteiger partial charge is 0.164 e. The second-order valence-corrected chi connectivity index (χ2v) is 16.9. The van der Waals surface area contributed by atoms with Crippen molar-refractivity contribution < 1.29 is 0 Å². The molecule has 12 aromatic rings. The molecule has 0 spiro atoms. The highest BCUT2D eigenvalue weighted by Crippen LogP contribution is 2.42. The number of aromatic nitrogens is 3. The normalized spacial score (nSPS) is 11.8. The Morgan fingerprint density at radius 2 is 0.690 bits per heavy atom. The molecule has 3 nitrogen and oxygen atoms in total. The summed E-state index contributed by atoms with van der Waals surface area (Å²) in [6.45, 7) is 0. The molecular weight excluding hydrogens is 743 g/mol. The predicted molar refractivity (Wildman–Crippen MR) is 248 cm³/mol. The monoisotopic (exact) mass is 773 g/mol. The van der Waals surface area contributed by atoms with Crippen LogP contribution >= 0.6 is 22.7 Å². The SMILES string of the molecule is c1ccc2c(c1)ccc1cc(-c3nc(-c4ccc(-c5cccc6sc7ccccc7c56)cc4)nc(-c4ccc(-c5cccc6sc7ccccc7c56)cc4)n3)ccc12. The third-order valence-corrected chi connectivity index (χ3v) is 13.6. The summed E-state index contributed by atoms with van der Waals surface area (Å²) in [5.41, 5.74) is 7.62. The van der Waals surface area contributed by atoms with Gasteiger partial charge >= 0.3 is 0 Å². The molecule has 0 atom stereocenters. The number of benzene rings is 9. The maximum Gasteiger partial charge on any atom is 0.164 e. The van der Waals surface area contributed by atoms with Gasteiger partial charge in [-0.05, 0) is 74.1 Å². The van der Waals surface area contributed by atoms with Gasteiger partial charge in [0.2, 0.25) is 0 Å². The molecule has 0 radical (unpaired) electrons. The van der Waals surface area contributed by atoms with Crippen LogP contribution < -0.4 is 0 Å². The Morgan fingerprint density at radius 3 is 1.26 bits per heavy atom. The maximum absolute atomic E-state index is 5.16. The van der Waals surface area contributed by atoms with E-state index in [2.05, 4.69) is 188 Å². The van der Waals surface area contributed by atoms with Gasteiger partial charge in [0.1, 0.15) is 0 Å². The number of thiophene rings is 2. The molecule has 3 heterocycles. The summed E-state index contributed by atoms with van der Waals surface area (Å²) >= 11 is 3.69. The third-order valence-electron chi connectivity index (χ3n) is 11.4. The number of nitrogens with zero attached hydrogens (tertiary/aromatic N) is 3. The van der Waals surface area contributed by atoms with Crippen LogP contribution in [-0.2, 0) is 0 Å². The molecule has 0 unspecified atom stereocenters. The highest BCUT2D eigenvalue weighted by molar-refractivity contribution is 7.26. The first-order valence-electron chi connectivity index (χ1n) is 19.4. The summed E-state index contributed by atoms with van der Waals surface area (Å²) in [7, 11) is 0. The zero-order valence-electron chi connectivity index (χ0n) is 31.1. The molecular formula is C53H31N3S2. The van der Waals surface area contributed by atoms with Crippen LogP contribution in [0.3, 0.4) is 0 Å². The van der Waals surface area contributed by atoms with Gasteiger partial charge < -0.3 is 0 Å². The molecule has 58 heavy (non-hydrogen) atoms. The molecule has 0 aliphatic carbocycles. The molecule has 9 aromatic carbocycles. The van der Waals surface area contributed by atoms with Gasteiger partial charge in [-0.25, -0.2) is 15.0 Å². The van der Waals surface area contributed by atoms with Gasteiger partial charge in [-0.15, -0.1) is 22.7 Å². The zero-order valence-corrected chi connectivity index (χ0v) is 32.7. The summed E-state index contributed by atoms with van der Waals surface area (Å²) in [4.78, 5) is 15.5. The summed E-state index contributed by atoms with van der Waals surface area (Å²) in [6.07, 6.45) is 0. The van der Waals surface area contributed by atoms with E-state index in [9.17, 15) is 0 Å². The van der Waals surface area contributed by atoms with Gasteiger partial charge in [0.15, 0.2) is 17.5 Å². The van der Waals surface area contributed by atoms with E-state index in [1.165, 1.54) is 67.6 Å². The van der Waals surface area contributed by atoms with Crippen molar-refractivity contribution in [1.82, 2.24) is 15.0 Å². The lowest BCUT2D eigenvalue weighted by Gasteiger charge is -2.11. The fourth-order valence-corrected chi connectivity index (χ4v) is 10.8. The van der Waals surface area contributed by atoms with Crippen LogP contribution in [0.2, 0.25) is 0 Å². The van der Waals surface area contributed by atoms with Crippen LogP contribution in [0.5, 0.6) is 0 Å². The Bertz CT molecular complexity index is 3390. The Balaban J connectivity index is 0.980. The maximum atomic E-state index is 5.16. The molecule has 0 N–H and O–H groups in total. The minimum atomic E-state index is 0.642. The second kappa shape index (κ2) is 13.3. The topological polar surface area (TPSA) is 38.7 Å². The lowest BCUT2D eigenvalue weighted by Crippen LogP contribution is -2.00. The second-order valence-electron chi connectivity index (χ2n) is 14.7. The lowest BCUT2D eigenvalue weighted by molar-refractivity contribution is 1.07. The van der Waals surface area contributed by atoms with Gasteiger partial charge in [-0.1, -0.05) is 158 Å². The quantitative estimate of drug-likeness (QED) is 0.164. The van der Waals surface area contributed by atoms with E-state index in [1.807, 2.05) is 22.7 Å². The molecule has 0 bridgehead atoms. The summed E-state index contributed by atoms with van der Waals surface area (Å²) in [5, 5.41) is 10.0. The summed E-state index contributed by atoms with van der Waals surface area (Å²) < 4.78 is 5.20. The largest absolute Gasteiger partial charge is 0.208 e. The molecule has 3 aromatic heterocycles. The summed E-state index contributed by atoms with van der Waals surface area (Å²) in [5.74, 6) is 1.93. The van der Waals surface area contributed by atoms with Crippen LogP contribution in [-0.4, -0.2) is 15.0 Å². The number of hydrogen-bond donors (Lipinski definition) is 0. The average molecular weight is 774 g/mol. The van der Waals surface area contributed by atoms with Gasteiger partial charge in [0, 0.05) is 57.0 Å². The molecule has 0 aliphatic heterocycles. The third kappa shape index (κ3) is 5.43. The Kier molecular flexibility index (Phi) is 7.58. The van der Waals surface area contributed by atoms with Crippen molar-refractivity contribution in [2.75, 3.05) is 0 Å². The van der Waals surface area contributed by atoms with E-state index in [4.69, 9.17) is 15.0 Å². The molecule has 270 valence electrons. The number of rotatable bonds is 5. The van der Waals surface area contributed by atoms with E-state index < -0.39 is 0 Å². The lowest BCUT2D eigenvalue weighted by atomic mass is 9.98. The highest BCUT2D eigenvalue weighted by Gasteiger charge is 2.16. The molecule has 0 saturated heterocycles. The van der Waals surface area contributed by atoms with Gasteiger partial charge in [0.25, 0.3) is 0 Å². The zero-order chi connectivity index (χ0) is 38.2. The molecule has 12 rings (SSSR count). The fourth-order valence-electron chi connectivity index (χ4n) is 8.54. The minimum absolute atomic E-state index is 0.642. The van der Waals surface area contributed by atoms with Crippen LogP contribution in [0, 0.1) is 0 Å². The van der Waals surface area contributed by atoms with Crippen molar-refractivity contribution in [2.45, 2.75) is 0 Å². The van der Waals surface area contributed by atoms with Crippen molar-refractivity contribution in [1.29, 1.82) is 0 Å². The van der Waals surface area contributed by atoms with Gasteiger partial charge in [-0.2, -0.15) is 0 Å². The number of hydrogen-bond acceptors (Lipinski definition) is 5. The standard InChI is InChI=1S/C53H31N3S2/c1-2-10-39-32(9-1)23-28-37-31-38(29-30-40(37)39)53-55-51(35-24-19-33(20-25-35)41-13-7-17-47-49(41)43-11-3-5-15-45(43)57-47)54-52(56-53)36-26-21-34(22-27-36)42-14-8-18-48-50(42)44-12-4-6-16-46(44)58-48/h1-31H. The van der Waals surface area contributed by atoms with Crippen LogP contribution in [0.1, 0.15) is 0 Å². The van der Waals surface area contributed by atoms with E-state index in [0.29, 0.717) is 17.5 Å². The van der Waals surface area contributed by atoms with Crippen molar-refractivity contribution in [3.8, 4) is 56.4 Å². The van der Waals surface area contributed by atoms with Crippen LogP contribution in [0.25, 0.3) is 118 Å². The molecule has 5 heteroatoms. The molecule has 0 amide bonds. The first-order chi connectivity index (χ1) is 28.7. The number of fused-ring (bicyclic) bond motifs is 9. The average Bonchev–Trinajstić information content (AvgIpc) is 3.88. The molecule has 0 saturated carbocycles. The molecule has 0 aliphatic rings. The van der Waals surface area contributed by atoms with Crippen molar-refractivity contribution >= 4 is 84.6 Å². The van der Waals surface area contributed by atoms with Gasteiger partial charge in [0.05, 0.1) is 0 Å². The van der Waals surface area contributed by atoms with Crippen LogP contribution in [0.4, 0.5) is 0 Å². The Morgan fingerprint density at radius 1 is 0.276 bits per heavy atom. The van der Waals surface area contributed by atoms with Crippen LogP contribution in [0.15, 0.2) is 188 Å². The Labute approximate surface area is 342 Å². The Hall–Kier alpha value is -7.05.